The van der Waals surface area contributed by atoms with Gasteiger partial charge in [0, 0.05) is 51.7 Å². The first kappa shape index (κ1) is 24.5. The second kappa shape index (κ2) is 12.8. The van der Waals surface area contributed by atoms with Crippen LogP contribution in [0.25, 0.3) is 0 Å². The van der Waals surface area contributed by atoms with Gasteiger partial charge in [0.2, 0.25) is 0 Å². The number of nitrogens with one attached hydrogen (secondary N) is 2. The maximum atomic E-state index is 12.6. The summed E-state index contributed by atoms with van der Waals surface area (Å²) in [6.07, 6.45) is 10.7. The fraction of sp³-hybridized carbons (Fsp3) is 0.615. The third-order valence-electron chi connectivity index (χ3n) is 7.11. The summed E-state index contributed by atoms with van der Waals surface area (Å²) in [5.74, 6) is 0.245. The Balaban J connectivity index is 1.06. The summed E-state index contributed by atoms with van der Waals surface area (Å²) in [6, 6.07) is 7.47. The van der Waals surface area contributed by atoms with Crippen LogP contribution in [-0.2, 0) is 0 Å². The van der Waals surface area contributed by atoms with E-state index in [9.17, 15) is 9.59 Å². The van der Waals surface area contributed by atoms with Gasteiger partial charge >= 0.3 is 0 Å². The lowest BCUT2D eigenvalue weighted by atomic mass is 10.1. The molecule has 0 spiro atoms. The molecule has 2 aromatic rings. The number of amides is 2. The third-order valence-corrected chi connectivity index (χ3v) is 7.11. The second-order valence-electron chi connectivity index (χ2n) is 9.56. The van der Waals surface area contributed by atoms with E-state index >= 15 is 0 Å². The van der Waals surface area contributed by atoms with Gasteiger partial charge in [-0.15, -0.1) is 0 Å². The lowest BCUT2D eigenvalue weighted by molar-refractivity contribution is 0.0748. The van der Waals surface area contributed by atoms with Crippen molar-refractivity contribution in [2.45, 2.75) is 38.5 Å². The van der Waals surface area contributed by atoms with Gasteiger partial charge in [0.1, 0.15) is 11.4 Å². The number of carbonyl (C=O) groups is 2. The molecular weight excluding hydrogens is 428 g/mol. The number of hydrogen-bond donors (Lipinski definition) is 2. The van der Waals surface area contributed by atoms with Crippen LogP contribution >= 0.6 is 0 Å². The normalized spacial score (nSPS) is 18.6. The summed E-state index contributed by atoms with van der Waals surface area (Å²) in [6.45, 7) is 9.69. The van der Waals surface area contributed by atoms with Gasteiger partial charge in [0.05, 0.1) is 0 Å². The van der Waals surface area contributed by atoms with E-state index in [2.05, 4.69) is 19.8 Å². The van der Waals surface area contributed by atoms with Crippen LogP contribution in [0, 0.1) is 0 Å². The van der Waals surface area contributed by atoms with Gasteiger partial charge in [0.15, 0.2) is 0 Å². The van der Waals surface area contributed by atoms with Gasteiger partial charge in [-0.2, -0.15) is 0 Å². The van der Waals surface area contributed by atoms with Crippen LogP contribution < -0.4 is 0 Å². The van der Waals surface area contributed by atoms with Crippen molar-refractivity contribution >= 4 is 11.8 Å². The average Bonchev–Trinajstić information content (AvgIpc) is 3.48. The van der Waals surface area contributed by atoms with E-state index in [1.54, 1.807) is 0 Å². The highest BCUT2D eigenvalue weighted by atomic mass is 16.2. The SMILES string of the molecule is O=C(c1ccc[nH]1)N1CCCN(CCCCCCN2CCCN(C(=O)c3ccc[nH]3)CC2)CC1. The number of aromatic amines is 2. The van der Waals surface area contributed by atoms with Crippen molar-refractivity contribution in [1.82, 2.24) is 29.6 Å². The predicted molar refractivity (Wildman–Crippen MR) is 134 cm³/mol. The van der Waals surface area contributed by atoms with Gasteiger partial charge in [0.25, 0.3) is 11.8 Å². The minimum Gasteiger partial charge on any atom is -0.357 e. The Morgan fingerprint density at radius 1 is 0.618 bits per heavy atom. The van der Waals surface area contributed by atoms with E-state index in [1.165, 1.54) is 25.7 Å². The molecule has 0 aliphatic carbocycles. The first-order valence-electron chi connectivity index (χ1n) is 13.0. The molecule has 8 heteroatoms. The molecule has 2 fully saturated rings. The first-order chi connectivity index (χ1) is 16.7. The number of nitrogens with zero attached hydrogens (tertiary/aromatic N) is 4. The van der Waals surface area contributed by atoms with Gasteiger partial charge < -0.3 is 29.6 Å². The fourth-order valence-electron chi connectivity index (χ4n) is 5.09. The third kappa shape index (κ3) is 6.96. The summed E-state index contributed by atoms with van der Waals surface area (Å²) in [5, 5.41) is 0. The summed E-state index contributed by atoms with van der Waals surface area (Å²) in [7, 11) is 0. The van der Waals surface area contributed by atoms with Crippen molar-refractivity contribution in [3.05, 3.63) is 48.0 Å². The quantitative estimate of drug-likeness (QED) is 0.555. The molecule has 2 aliphatic heterocycles. The predicted octanol–water partition coefficient (Wildman–Crippen LogP) is 2.90. The Morgan fingerprint density at radius 3 is 1.50 bits per heavy atom. The van der Waals surface area contributed by atoms with Crippen molar-refractivity contribution in [1.29, 1.82) is 0 Å². The highest BCUT2D eigenvalue weighted by Gasteiger charge is 2.21. The molecule has 186 valence electrons. The molecule has 2 N–H and O–H groups in total. The monoisotopic (exact) mass is 468 g/mol. The van der Waals surface area contributed by atoms with Gasteiger partial charge in [-0.05, 0) is 76.1 Å². The van der Waals surface area contributed by atoms with Crippen molar-refractivity contribution < 1.29 is 9.59 Å². The molecule has 2 aliphatic rings. The number of hydrogen-bond acceptors (Lipinski definition) is 4. The van der Waals surface area contributed by atoms with Crippen molar-refractivity contribution in [2.24, 2.45) is 0 Å². The molecule has 8 nitrogen and oxygen atoms in total. The van der Waals surface area contributed by atoms with Crippen LogP contribution in [0.3, 0.4) is 0 Å². The topological polar surface area (TPSA) is 78.7 Å². The minimum atomic E-state index is 0.122. The Morgan fingerprint density at radius 2 is 1.09 bits per heavy atom. The summed E-state index contributed by atoms with van der Waals surface area (Å²) in [4.78, 5) is 40.2. The van der Waals surface area contributed by atoms with Crippen LogP contribution in [0.5, 0.6) is 0 Å². The lowest BCUT2D eigenvalue weighted by Crippen LogP contribution is -2.35. The Kier molecular flexibility index (Phi) is 9.21. The van der Waals surface area contributed by atoms with Crippen LogP contribution in [0.2, 0.25) is 0 Å². The zero-order valence-corrected chi connectivity index (χ0v) is 20.4. The highest BCUT2D eigenvalue weighted by molar-refractivity contribution is 5.92. The van der Waals surface area contributed by atoms with Crippen LogP contribution in [0.15, 0.2) is 36.7 Å². The lowest BCUT2D eigenvalue weighted by Gasteiger charge is -2.22. The number of H-pyrrole nitrogens is 2. The number of rotatable bonds is 9. The molecular formula is C26H40N6O2. The van der Waals surface area contributed by atoms with E-state index in [1.807, 2.05) is 46.5 Å². The van der Waals surface area contributed by atoms with E-state index in [0.29, 0.717) is 11.4 Å². The maximum absolute atomic E-state index is 12.6. The van der Waals surface area contributed by atoms with Gasteiger partial charge in [-0.3, -0.25) is 9.59 Å². The smallest absolute Gasteiger partial charge is 0.270 e. The maximum Gasteiger partial charge on any atom is 0.270 e. The van der Waals surface area contributed by atoms with Gasteiger partial charge in [-0.1, -0.05) is 12.8 Å². The molecule has 0 unspecified atom stereocenters. The van der Waals surface area contributed by atoms with E-state index in [-0.39, 0.29) is 11.8 Å². The molecule has 2 aromatic heterocycles. The van der Waals surface area contributed by atoms with E-state index < -0.39 is 0 Å². The Bertz CT molecular complexity index is 794. The molecule has 2 saturated heterocycles. The molecule has 0 aromatic carbocycles. The minimum absolute atomic E-state index is 0.122. The van der Waals surface area contributed by atoms with Crippen LogP contribution in [0.1, 0.15) is 59.5 Å². The summed E-state index contributed by atoms with van der Waals surface area (Å²) >= 11 is 0. The molecule has 34 heavy (non-hydrogen) atoms. The number of aromatic nitrogens is 2. The van der Waals surface area contributed by atoms with E-state index in [0.717, 1.165) is 78.3 Å². The second-order valence-corrected chi connectivity index (χ2v) is 9.56. The first-order valence-corrected chi connectivity index (χ1v) is 13.0. The average molecular weight is 469 g/mol. The summed E-state index contributed by atoms with van der Waals surface area (Å²) < 4.78 is 0. The molecule has 0 atom stereocenters. The van der Waals surface area contributed by atoms with E-state index in [4.69, 9.17) is 0 Å². The van der Waals surface area contributed by atoms with Crippen LogP contribution in [-0.4, -0.2) is 107 Å². The van der Waals surface area contributed by atoms with Crippen molar-refractivity contribution in [2.75, 3.05) is 65.4 Å². The fourth-order valence-corrected chi connectivity index (χ4v) is 5.09. The largest absolute Gasteiger partial charge is 0.357 e. The van der Waals surface area contributed by atoms with Gasteiger partial charge in [-0.25, -0.2) is 0 Å². The zero-order chi connectivity index (χ0) is 23.6. The molecule has 0 bridgehead atoms. The van der Waals surface area contributed by atoms with Crippen LogP contribution in [0.4, 0.5) is 0 Å². The zero-order valence-electron chi connectivity index (χ0n) is 20.4. The van der Waals surface area contributed by atoms with Crippen molar-refractivity contribution in [3.8, 4) is 0 Å². The molecule has 4 heterocycles. The number of unbranched alkanes of at least 4 members (excludes halogenated alkanes) is 3. The standard InChI is InChI=1S/C26H40N6O2/c33-25(23-9-5-11-27-23)31-17-7-15-29(19-21-31)13-3-1-2-4-14-30-16-8-18-32(22-20-30)26(34)24-10-6-12-28-24/h5-6,9-12,27-28H,1-4,7-8,13-22H2. The Hall–Kier alpha value is -2.58. The molecule has 4 rings (SSSR count). The molecule has 0 radical (unpaired) electrons. The van der Waals surface area contributed by atoms with Crippen molar-refractivity contribution in [3.63, 3.8) is 0 Å². The number of carbonyl (C=O) groups excluding carboxylic acids is 2. The molecule has 0 saturated carbocycles. The Labute approximate surface area is 203 Å². The summed E-state index contributed by atoms with van der Waals surface area (Å²) in [5.41, 5.74) is 1.38. The highest BCUT2D eigenvalue weighted by Crippen LogP contribution is 2.12. The molecule has 2 amide bonds.